The van der Waals surface area contributed by atoms with Gasteiger partial charge in [-0.25, -0.2) is 4.79 Å². The highest BCUT2D eigenvalue weighted by Gasteiger charge is 2.31. The first-order chi connectivity index (χ1) is 17.6. The number of alkyl carbamates (subject to hydrolysis) is 1. The first-order valence-electron chi connectivity index (χ1n) is 12.2. The van der Waals surface area contributed by atoms with Crippen molar-refractivity contribution in [2.45, 2.75) is 44.9 Å². The summed E-state index contributed by atoms with van der Waals surface area (Å²) in [6.45, 7) is 5.83. The average molecular weight is 504 g/mol. The minimum absolute atomic E-state index is 0.0216. The topological polar surface area (TPSA) is 105 Å². The minimum atomic E-state index is -0.869. The monoisotopic (exact) mass is 503 g/mol. The van der Waals surface area contributed by atoms with Crippen LogP contribution in [-0.2, 0) is 16.0 Å². The summed E-state index contributed by atoms with van der Waals surface area (Å²) < 4.78 is 10.6. The third-order valence-corrected chi connectivity index (χ3v) is 6.11. The summed E-state index contributed by atoms with van der Waals surface area (Å²) in [4.78, 5) is 36.6. The summed E-state index contributed by atoms with van der Waals surface area (Å²) in [5, 5.41) is 7.79. The van der Waals surface area contributed by atoms with E-state index in [1.54, 1.807) is 34.1 Å². The van der Waals surface area contributed by atoms with Gasteiger partial charge in [0.15, 0.2) is 0 Å². The van der Waals surface area contributed by atoms with Gasteiger partial charge in [-0.3, -0.25) is 20.1 Å². The number of hydrogen-bond donors (Lipinski definition) is 2. The number of aliphatic imine (C=N–C) groups is 1. The van der Waals surface area contributed by atoms with Crippen LogP contribution in [0, 0.1) is 0 Å². The molecule has 0 aliphatic carbocycles. The van der Waals surface area contributed by atoms with E-state index < -0.39 is 17.7 Å². The summed E-state index contributed by atoms with van der Waals surface area (Å²) in [7, 11) is 3.49. The lowest BCUT2D eigenvalue weighted by Crippen LogP contribution is -2.52. The SMILES string of the molecule is COc1ccc(C[C@H](NC(=O)OC(C)(C)C)C(=O)NC2=NCC(c3ccc4cnccc4c3)N2C)cc1. The maximum Gasteiger partial charge on any atom is 0.408 e. The summed E-state index contributed by atoms with van der Waals surface area (Å²) >= 11 is 0. The summed E-state index contributed by atoms with van der Waals surface area (Å²) in [5.41, 5.74) is 1.27. The summed E-state index contributed by atoms with van der Waals surface area (Å²) in [6.07, 6.45) is 3.22. The van der Waals surface area contributed by atoms with Gasteiger partial charge < -0.3 is 19.7 Å². The van der Waals surface area contributed by atoms with Gasteiger partial charge in [0.1, 0.15) is 17.4 Å². The molecule has 0 spiro atoms. The first kappa shape index (κ1) is 25.9. The lowest BCUT2D eigenvalue weighted by Gasteiger charge is -2.26. The van der Waals surface area contributed by atoms with E-state index in [4.69, 9.17) is 9.47 Å². The van der Waals surface area contributed by atoms with Crippen molar-refractivity contribution in [2.24, 2.45) is 4.99 Å². The summed E-state index contributed by atoms with van der Waals surface area (Å²) in [6, 6.07) is 14.7. The highest BCUT2D eigenvalue weighted by Crippen LogP contribution is 2.27. The maximum atomic E-state index is 13.4. The number of rotatable bonds is 6. The number of guanidine groups is 1. The average Bonchev–Trinajstić information content (AvgIpc) is 3.22. The van der Waals surface area contributed by atoms with Crippen molar-refractivity contribution in [1.29, 1.82) is 0 Å². The fraction of sp³-hybridized carbons (Fsp3) is 0.357. The Kier molecular flexibility index (Phi) is 7.61. The number of hydrogen-bond acceptors (Lipinski definition) is 7. The number of amides is 2. The molecule has 0 radical (unpaired) electrons. The standard InChI is InChI=1S/C28H33N5O4/c1-28(2,3)37-27(35)31-23(14-18-6-10-22(36-5)11-7-18)25(34)32-26-30-17-24(33(26)4)20-8-9-21-16-29-13-12-19(21)15-20/h6-13,15-16,23-24H,14,17H2,1-5H3,(H,31,35)(H,30,32,34)/t23-,24?/m0/s1. The molecule has 0 saturated carbocycles. The van der Waals surface area contributed by atoms with Crippen molar-refractivity contribution in [1.82, 2.24) is 20.5 Å². The Bertz CT molecular complexity index is 1300. The number of nitrogens with one attached hydrogen (secondary N) is 2. The lowest BCUT2D eigenvalue weighted by atomic mass is 10.0. The van der Waals surface area contributed by atoms with Crippen LogP contribution >= 0.6 is 0 Å². The summed E-state index contributed by atoms with van der Waals surface area (Å²) in [5.74, 6) is 0.788. The number of carbonyl (C=O) groups excluding carboxylic acids is 2. The van der Waals surface area contributed by atoms with E-state index in [9.17, 15) is 9.59 Å². The van der Waals surface area contributed by atoms with E-state index in [1.807, 2.05) is 54.5 Å². The molecule has 9 nitrogen and oxygen atoms in total. The van der Waals surface area contributed by atoms with Crippen molar-refractivity contribution in [3.8, 4) is 5.75 Å². The van der Waals surface area contributed by atoms with Gasteiger partial charge in [0.25, 0.3) is 0 Å². The molecule has 9 heteroatoms. The van der Waals surface area contributed by atoms with E-state index in [0.29, 0.717) is 18.3 Å². The second kappa shape index (κ2) is 10.9. The number of ether oxygens (including phenoxy) is 2. The Morgan fingerprint density at radius 2 is 1.86 bits per heavy atom. The molecule has 2 heterocycles. The molecule has 1 aliphatic heterocycles. The van der Waals surface area contributed by atoms with Crippen molar-refractivity contribution >= 4 is 28.7 Å². The Morgan fingerprint density at radius 3 is 2.57 bits per heavy atom. The minimum Gasteiger partial charge on any atom is -0.497 e. The van der Waals surface area contributed by atoms with Gasteiger partial charge in [-0.15, -0.1) is 0 Å². The third-order valence-electron chi connectivity index (χ3n) is 6.11. The Balaban J connectivity index is 1.47. The van der Waals surface area contributed by atoms with E-state index in [0.717, 1.165) is 21.9 Å². The molecule has 2 N–H and O–H groups in total. The van der Waals surface area contributed by atoms with Crippen LogP contribution in [0.3, 0.4) is 0 Å². The van der Waals surface area contributed by atoms with Crippen LogP contribution in [0.2, 0.25) is 0 Å². The smallest absolute Gasteiger partial charge is 0.408 e. The van der Waals surface area contributed by atoms with Crippen molar-refractivity contribution < 1.29 is 19.1 Å². The normalized spacial score (nSPS) is 16.2. The number of carbonyl (C=O) groups is 2. The van der Waals surface area contributed by atoms with Gasteiger partial charge in [0.2, 0.25) is 11.9 Å². The molecule has 37 heavy (non-hydrogen) atoms. The van der Waals surface area contributed by atoms with Crippen LogP contribution < -0.4 is 15.4 Å². The van der Waals surface area contributed by atoms with Gasteiger partial charge in [-0.1, -0.05) is 24.3 Å². The van der Waals surface area contributed by atoms with Gasteiger partial charge in [-0.2, -0.15) is 0 Å². The molecule has 3 aromatic rings. The van der Waals surface area contributed by atoms with E-state index in [-0.39, 0.29) is 18.4 Å². The molecular formula is C28H33N5O4. The van der Waals surface area contributed by atoms with Crippen molar-refractivity contribution in [2.75, 3.05) is 20.7 Å². The predicted molar refractivity (Wildman–Crippen MR) is 143 cm³/mol. The quantitative estimate of drug-likeness (QED) is 0.530. The van der Waals surface area contributed by atoms with Crippen LogP contribution in [0.1, 0.15) is 37.9 Å². The zero-order valence-electron chi connectivity index (χ0n) is 21.8. The Hall–Kier alpha value is -4.14. The number of nitrogens with zero attached hydrogens (tertiary/aromatic N) is 3. The molecule has 1 unspecified atom stereocenters. The van der Waals surface area contributed by atoms with Crippen LogP contribution in [0.5, 0.6) is 5.75 Å². The zero-order chi connectivity index (χ0) is 26.6. The zero-order valence-corrected chi connectivity index (χ0v) is 21.8. The molecule has 2 aromatic carbocycles. The second-order valence-corrected chi connectivity index (χ2v) is 10.0. The van der Waals surface area contributed by atoms with Crippen molar-refractivity contribution in [3.63, 3.8) is 0 Å². The number of likely N-dealkylation sites (N-methyl/N-ethyl adjacent to an activating group) is 1. The molecule has 0 fully saturated rings. The van der Waals surface area contributed by atoms with Crippen molar-refractivity contribution in [3.05, 3.63) is 72.1 Å². The van der Waals surface area contributed by atoms with Crippen LogP contribution in [0.4, 0.5) is 4.79 Å². The van der Waals surface area contributed by atoms with Crippen LogP contribution in [0.15, 0.2) is 65.9 Å². The molecule has 1 aromatic heterocycles. The van der Waals surface area contributed by atoms with Gasteiger partial charge in [0, 0.05) is 31.2 Å². The Morgan fingerprint density at radius 1 is 1.11 bits per heavy atom. The maximum absolute atomic E-state index is 13.4. The molecule has 194 valence electrons. The Labute approximate surface area is 216 Å². The fourth-order valence-electron chi connectivity index (χ4n) is 4.17. The molecule has 1 aliphatic rings. The molecule has 2 atom stereocenters. The number of aromatic nitrogens is 1. The fourth-order valence-corrected chi connectivity index (χ4v) is 4.17. The van der Waals surface area contributed by atoms with Crippen LogP contribution in [-0.4, -0.2) is 60.2 Å². The number of fused-ring (bicyclic) bond motifs is 1. The van der Waals surface area contributed by atoms with Crippen LogP contribution in [0.25, 0.3) is 10.8 Å². The van der Waals surface area contributed by atoms with E-state index in [1.165, 1.54) is 0 Å². The largest absolute Gasteiger partial charge is 0.497 e. The molecule has 4 rings (SSSR count). The number of benzene rings is 2. The van der Waals surface area contributed by atoms with E-state index >= 15 is 0 Å². The third kappa shape index (κ3) is 6.55. The number of methoxy groups -OCH3 is 1. The van der Waals surface area contributed by atoms with Gasteiger partial charge >= 0.3 is 6.09 Å². The molecule has 0 bridgehead atoms. The first-order valence-corrected chi connectivity index (χ1v) is 12.2. The molecular weight excluding hydrogens is 470 g/mol. The van der Waals surface area contributed by atoms with Gasteiger partial charge in [-0.05, 0) is 61.5 Å². The van der Waals surface area contributed by atoms with Gasteiger partial charge in [0.05, 0.1) is 19.7 Å². The highest BCUT2D eigenvalue weighted by molar-refractivity contribution is 6.01. The van der Waals surface area contributed by atoms with E-state index in [2.05, 4.69) is 32.7 Å². The second-order valence-electron chi connectivity index (χ2n) is 10.0. The molecule has 2 amide bonds. The number of pyridine rings is 1. The predicted octanol–water partition coefficient (Wildman–Crippen LogP) is 3.84. The highest BCUT2D eigenvalue weighted by atomic mass is 16.6. The lowest BCUT2D eigenvalue weighted by molar-refractivity contribution is -0.121. The molecule has 0 saturated heterocycles.